The summed E-state index contributed by atoms with van der Waals surface area (Å²) in [5, 5.41) is 7.32. The van der Waals surface area contributed by atoms with Crippen LogP contribution in [0.25, 0.3) is 0 Å². The predicted octanol–water partition coefficient (Wildman–Crippen LogP) is 2.51. The summed E-state index contributed by atoms with van der Waals surface area (Å²) in [7, 11) is 2.05. The number of halogens is 1. The molecule has 3 N–H and O–H groups in total. The van der Waals surface area contributed by atoms with Crippen molar-refractivity contribution in [1.82, 2.24) is 4.90 Å². The molecule has 1 atom stereocenters. The summed E-state index contributed by atoms with van der Waals surface area (Å²) in [5.41, 5.74) is 5.43. The van der Waals surface area contributed by atoms with Crippen LogP contribution in [0.4, 0.5) is 0 Å². The minimum Gasteiger partial charge on any atom is -0.387 e. The highest BCUT2D eigenvalue weighted by Crippen LogP contribution is 2.23. The standard InChI is InChI=1S/C10H16BrN3S/c1-7(10(12)13)5-14(2)6-8-3-4-9(11)15-8/h3-4,7H,5-6H2,1-2H3,(H3,12,13). The Labute approximate surface area is 103 Å². The number of nitrogens with zero attached hydrogens (tertiary/aromatic N) is 1. The normalized spacial score (nSPS) is 13.1. The lowest BCUT2D eigenvalue weighted by atomic mass is 10.1. The van der Waals surface area contributed by atoms with Gasteiger partial charge in [-0.2, -0.15) is 0 Å². The highest BCUT2D eigenvalue weighted by atomic mass is 79.9. The van der Waals surface area contributed by atoms with Gasteiger partial charge >= 0.3 is 0 Å². The van der Waals surface area contributed by atoms with Gasteiger partial charge in [-0.1, -0.05) is 6.92 Å². The molecule has 0 amide bonds. The molecular weight excluding hydrogens is 274 g/mol. The van der Waals surface area contributed by atoms with Crippen molar-refractivity contribution in [3.05, 3.63) is 20.8 Å². The van der Waals surface area contributed by atoms with Crippen LogP contribution in [-0.2, 0) is 6.54 Å². The fourth-order valence-corrected chi connectivity index (χ4v) is 2.90. The van der Waals surface area contributed by atoms with Gasteiger partial charge in [-0.3, -0.25) is 5.41 Å². The van der Waals surface area contributed by atoms with Crippen LogP contribution in [0.1, 0.15) is 11.8 Å². The molecule has 84 valence electrons. The fourth-order valence-electron chi connectivity index (χ4n) is 1.33. The maximum absolute atomic E-state index is 7.32. The Kier molecular flexibility index (Phi) is 4.76. The van der Waals surface area contributed by atoms with Crippen molar-refractivity contribution < 1.29 is 0 Å². The lowest BCUT2D eigenvalue weighted by Gasteiger charge is -2.19. The lowest BCUT2D eigenvalue weighted by Crippen LogP contribution is -2.31. The van der Waals surface area contributed by atoms with Crippen LogP contribution < -0.4 is 5.73 Å². The van der Waals surface area contributed by atoms with E-state index in [9.17, 15) is 0 Å². The molecule has 1 aromatic rings. The number of thiophene rings is 1. The highest BCUT2D eigenvalue weighted by molar-refractivity contribution is 9.11. The van der Waals surface area contributed by atoms with Gasteiger partial charge in [0, 0.05) is 23.9 Å². The molecule has 0 aromatic carbocycles. The van der Waals surface area contributed by atoms with Gasteiger partial charge < -0.3 is 10.6 Å². The van der Waals surface area contributed by atoms with Crippen molar-refractivity contribution in [2.24, 2.45) is 11.7 Å². The van der Waals surface area contributed by atoms with Gasteiger partial charge in [0.2, 0.25) is 0 Å². The molecule has 0 radical (unpaired) electrons. The number of amidine groups is 1. The van der Waals surface area contributed by atoms with Gasteiger partial charge in [0.05, 0.1) is 9.62 Å². The van der Waals surface area contributed by atoms with Crippen LogP contribution in [0.5, 0.6) is 0 Å². The maximum Gasteiger partial charge on any atom is 0.0947 e. The average molecular weight is 290 g/mol. The van der Waals surface area contributed by atoms with E-state index in [0.29, 0.717) is 0 Å². The zero-order valence-corrected chi connectivity index (χ0v) is 11.4. The third-order valence-electron chi connectivity index (χ3n) is 2.17. The van der Waals surface area contributed by atoms with E-state index in [-0.39, 0.29) is 11.8 Å². The number of rotatable bonds is 5. The topological polar surface area (TPSA) is 53.1 Å². The zero-order chi connectivity index (χ0) is 11.4. The van der Waals surface area contributed by atoms with Gasteiger partial charge in [-0.25, -0.2) is 0 Å². The second kappa shape index (κ2) is 5.63. The summed E-state index contributed by atoms with van der Waals surface area (Å²) >= 11 is 5.18. The van der Waals surface area contributed by atoms with E-state index in [1.54, 1.807) is 11.3 Å². The van der Waals surface area contributed by atoms with E-state index in [1.807, 2.05) is 14.0 Å². The first-order chi connectivity index (χ1) is 6.99. The molecule has 0 aliphatic carbocycles. The third kappa shape index (κ3) is 4.32. The summed E-state index contributed by atoms with van der Waals surface area (Å²) in [6, 6.07) is 4.17. The minimum atomic E-state index is 0.124. The Bertz CT molecular complexity index is 337. The molecule has 0 saturated carbocycles. The van der Waals surface area contributed by atoms with Crippen molar-refractivity contribution in [3.8, 4) is 0 Å². The van der Waals surface area contributed by atoms with E-state index in [0.717, 1.165) is 16.9 Å². The van der Waals surface area contributed by atoms with Crippen molar-refractivity contribution in [2.75, 3.05) is 13.6 Å². The molecule has 0 fully saturated rings. The van der Waals surface area contributed by atoms with E-state index < -0.39 is 0 Å². The van der Waals surface area contributed by atoms with Crippen LogP contribution >= 0.6 is 27.3 Å². The molecule has 1 unspecified atom stereocenters. The molecule has 3 nitrogen and oxygen atoms in total. The second-order valence-electron chi connectivity index (χ2n) is 3.76. The molecule has 0 aliphatic heterocycles. The smallest absolute Gasteiger partial charge is 0.0947 e. The summed E-state index contributed by atoms with van der Waals surface area (Å²) < 4.78 is 1.16. The Balaban J connectivity index is 2.42. The van der Waals surface area contributed by atoms with Gasteiger partial charge in [0.1, 0.15) is 0 Å². The molecule has 5 heteroatoms. The van der Waals surface area contributed by atoms with Crippen molar-refractivity contribution in [3.63, 3.8) is 0 Å². The molecule has 0 bridgehead atoms. The van der Waals surface area contributed by atoms with Crippen molar-refractivity contribution in [2.45, 2.75) is 13.5 Å². The SMILES string of the molecule is CC(CN(C)Cc1ccc(Br)s1)C(=N)N. The molecule has 0 spiro atoms. The Morgan fingerprint density at radius 1 is 1.67 bits per heavy atom. The summed E-state index contributed by atoms with van der Waals surface area (Å²) in [5.74, 6) is 0.382. The van der Waals surface area contributed by atoms with Gasteiger partial charge in [-0.05, 0) is 35.1 Å². The predicted molar refractivity (Wildman–Crippen MR) is 69.4 cm³/mol. The molecule has 1 heterocycles. The number of nitrogens with one attached hydrogen (secondary N) is 1. The molecule has 15 heavy (non-hydrogen) atoms. The Morgan fingerprint density at radius 3 is 2.80 bits per heavy atom. The average Bonchev–Trinajstić information content (AvgIpc) is 2.50. The van der Waals surface area contributed by atoms with Crippen LogP contribution in [0.3, 0.4) is 0 Å². The summed E-state index contributed by atoms with van der Waals surface area (Å²) in [6.45, 7) is 3.71. The second-order valence-corrected chi connectivity index (χ2v) is 6.31. The lowest BCUT2D eigenvalue weighted by molar-refractivity contribution is 0.309. The van der Waals surface area contributed by atoms with E-state index >= 15 is 0 Å². The third-order valence-corrected chi connectivity index (χ3v) is 3.78. The molecule has 0 saturated heterocycles. The van der Waals surface area contributed by atoms with Gasteiger partial charge in [0.25, 0.3) is 0 Å². The largest absolute Gasteiger partial charge is 0.387 e. The maximum atomic E-state index is 7.32. The monoisotopic (exact) mass is 289 g/mol. The Hall–Kier alpha value is -0.390. The first kappa shape index (κ1) is 12.7. The van der Waals surface area contributed by atoms with E-state index in [1.165, 1.54) is 4.88 Å². The first-order valence-corrected chi connectivity index (χ1v) is 6.36. The molecular formula is C10H16BrN3S. The van der Waals surface area contributed by atoms with Crippen LogP contribution in [0.15, 0.2) is 15.9 Å². The number of hydrogen-bond acceptors (Lipinski definition) is 3. The van der Waals surface area contributed by atoms with E-state index in [4.69, 9.17) is 11.1 Å². The zero-order valence-electron chi connectivity index (χ0n) is 8.96. The minimum absolute atomic E-state index is 0.124. The van der Waals surface area contributed by atoms with E-state index in [2.05, 4.69) is 33.0 Å². The van der Waals surface area contributed by atoms with Crippen LogP contribution in [-0.4, -0.2) is 24.3 Å². The molecule has 1 aromatic heterocycles. The van der Waals surface area contributed by atoms with Crippen LogP contribution in [0, 0.1) is 11.3 Å². The molecule has 0 aliphatic rings. The van der Waals surface area contributed by atoms with Crippen molar-refractivity contribution >= 4 is 33.1 Å². The number of nitrogens with two attached hydrogens (primary N) is 1. The number of hydrogen-bond donors (Lipinski definition) is 2. The Morgan fingerprint density at radius 2 is 2.33 bits per heavy atom. The van der Waals surface area contributed by atoms with Crippen molar-refractivity contribution in [1.29, 1.82) is 5.41 Å². The highest BCUT2D eigenvalue weighted by Gasteiger charge is 2.09. The van der Waals surface area contributed by atoms with Crippen LogP contribution in [0.2, 0.25) is 0 Å². The first-order valence-electron chi connectivity index (χ1n) is 4.75. The summed E-state index contributed by atoms with van der Waals surface area (Å²) in [6.07, 6.45) is 0. The van der Waals surface area contributed by atoms with Gasteiger partial charge in [0.15, 0.2) is 0 Å². The summed E-state index contributed by atoms with van der Waals surface area (Å²) in [4.78, 5) is 3.50. The fraction of sp³-hybridized carbons (Fsp3) is 0.500. The molecule has 1 rings (SSSR count). The quantitative estimate of drug-likeness (QED) is 0.646. The van der Waals surface area contributed by atoms with Gasteiger partial charge in [-0.15, -0.1) is 11.3 Å².